The maximum atomic E-state index is 13.7. The quantitative estimate of drug-likeness (QED) is 0.291. The highest BCUT2D eigenvalue weighted by atomic mass is 35.5. The van der Waals surface area contributed by atoms with E-state index in [-0.39, 0.29) is 23.5 Å². The molecule has 162 valence electrons. The Morgan fingerprint density at radius 3 is 2.72 bits per heavy atom. The molecule has 32 heavy (non-hydrogen) atoms. The van der Waals surface area contributed by atoms with Gasteiger partial charge in [-0.15, -0.1) is 0 Å². The van der Waals surface area contributed by atoms with Crippen molar-refractivity contribution in [3.05, 3.63) is 111 Å². The van der Waals surface area contributed by atoms with Crippen molar-refractivity contribution in [3.63, 3.8) is 0 Å². The van der Waals surface area contributed by atoms with E-state index in [1.165, 1.54) is 23.8 Å². The van der Waals surface area contributed by atoms with Crippen molar-refractivity contribution < 1.29 is 9.31 Å². The Kier molecular flexibility index (Phi) is 5.41. The number of nitrogens with zero attached hydrogens (tertiary/aromatic N) is 2. The lowest BCUT2D eigenvalue weighted by atomic mass is 9.87. The minimum absolute atomic E-state index is 0.0139. The second-order valence-corrected chi connectivity index (χ2v) is 8.56. The lowest BCUT2D eigenvalue weighted by Crippen LogP contribution is -2.17. The van der Waals surface area contributed by atoms with Crippen LogP contribution in [0, 0.1) is 15.9 Å². The number of fused-ring (bicyclic) bond motifs is 1. The third kappa shape index (κ3) is 3.76. The third-order valence-corrected chi connectivity index (χ3v) is 6.54. The fraction of sp³-hybridized carbons (Fsp3) is 0.200. The van der Waals surface area contributed by atoms with Gasteiger partial charge in [-0.1, -0.05) is 41.9 Å². The van der Waals surface area contributed by atoms with Gasteiger partial charge in [-0.25, -0.2) is 4.39 Å². The van der Waals surface area contributed by atoms with Crippen LogP contribution < -0.4 is 5.32 Å². The predicted octanol–water partition coefficient (Wildman–Crippen LogP) is 6.21. The SMILES string of the molecule is O=[N+]([O-])c1ccc(C2NCCC2c2cn(Cc3cccc(F)c3)c3ccccc23)c(Cl)c1. The van der Waals surface area contributed by atoms with E-state index in [0.29, 0.717) is 11.6 Å². The molecule has 1 fully saturated rings. The molecule has 3 aromatic carbocycles. The van der Waals surface area contributed by atoms with Crippen LogP contribution in [0.15, 0.2) is 72.9 Å². The van der Waals surface area contributed by atoms with Crippen LogP contribution in [-0.4, -0.2) is 16.0 Å². The van der Waals surface area contributed by atoms with E-state index in [4.69, 9.17) is 11.6 Å². The Morgan fingerprint density at radius 1 is 1.09 bits per heavy atom. The summed E-state index contributed by atoms with van der Waals surface area (Å²) in [6, 6.07) is 19.5. The molecule has 0 spiro atoms. The number of para-hydroxylation sites is 1. The molecule has 2 unspecified atom stereocenters. The van der Waals surface area contributed by atoms with Crippen LogP contribution in [0.5, 0.6) is 0 Å². The highest BCUT2D eigenvalue weighted by molar-refractivity contribution is 6.31. The third-order valence-electron chi connectivity index (χ3n) is 6.21. The fourth-order valence-electron chi connectivity index (χ4n) is 4.78. The Hall–Kier alpha value is -3.22. The number of hydrogen-bond acceptors (Lipinski definition) is 3. The van der Waals surface area contributed by atoms with Gasteiger partial charge in [-0.05, 0) is 53.9 Å². The predicted molar refractivity (Wildman–Crippen MR) is 124 cm³/mol. The molecular formula is C25H21ClFN3O2. The van der Waals surface area contributed by atoms with E-state index < -0.39 is 4.92 Å². The van der Waals surface area contributed by atoms with Crippen LogP contribution in [-0.2, 0) is 6.54 Å². The van der Waals surface area contributed by atoms with Crippen molar-refractivity contribution in [1.29, 1.82) is 0 Å². The first-order chi connectivity index (χ1) is 15.5. The number of rotatable bonds is 5. The van der Waals surface area contributed by atoms with E-state index in [0.717, 1.165) is 35.0 Å². The molecule has 0 bridgehead atoms. The molecule has 0 aliphatic carbocycles. The minimum atomic E-state index is -0.435. The normalized spacial score (nSPS) is 18.3. The Balaban J connectivity index is 1.55. The lowest BCUT2D eigenvalue weighted by Gasteiger charge is -2.21. The van der Waals surface area contributed by atoms with Crippen LogP contribution in [0.4, 0.5) is 10.1 Å². The zero-order chi connectivity index (χ0) is 22.2. The summed E-state index contributed by atoms with van der Waals surface area (Å²) in [5.41, 5.74) is 4.03. The van der Waals surface area contributed by atoms with Crippen molar-refractivity contribution in [1.82, 2.24) is 9.88 Å². The molecule has 0 saturated carbocycles. The molecule has 1 N–H and O–H groups in total. The smallest absolute Gasteiger partial charge is 0.270 e. The second kappa shape index (κ2) is 8.37. The zero-order valence-electron chi connectivity index (χ0n) is 17.2. The second-order valence-electron chi connectivity index (χ2n) is 8.15. The fourth-order valence-corrected chi connectivity index (χ4v) is 5.07. The van der Waals surface area contributed by atoms with Crippen LogP contribution >= 0.6 is 11.6 Å². The summed E-state index contributed by atoms with van der Waals surface area (Å²) in [4.78, 5) is 10.7. The van der Waals surface area contributed by atoms with Gasteiger partial charge in [0, 0.05) is 47.7 Å². The topological polar surface area (TPSA) is 60.1 Å². The van der Waals surface area contributed by atoms with E-state index in [1.807, 2.05) is 18.2 Å². The van der Waals surface area contributed by atoms with Gasteiger partial charge in [0.2, 0.25) is 0 Å². The molecule has 5 rings (SSSR count). The van der Waals surface area contributed by atoms with Gasteiger partial charge < -0.3 is 9.88 Å². The molecule has 1 aliphatic rings. The number of aromatic nitrogens is 1. The average Bonchev–Trinajstić information content (AvgIpc) is 3.39. The Labute approximate surface area is 189 Å². The Bertz CT molecular complexity index is 1320. The summed E-state index contributed by atoms with van der Waals surface area (Å²) in [5.74, 6) is -0.0836. The molecule has 1 aliphatic heterocycles. The number of hydrogen-bond donors (Lipinski definition) is 1. The molecule has 4 aromatic rings. The van der Waals surface area contributed by atoms with Gasteiger partial charge in [0.25, 0.3) is 5.69 Å². The Morgan fingerprint density at radius 2 is 1.94 bits per heavy atom. The standard InChI is InChI=1S/C25H21ClFN3O2/c26-23-13-18(30(31)32)8-9-21(23)25-20(10-11-28-25)22-15-29(24-7-2-1-6-19(22)24)14-16-4-3-5-17(27)12-16/h1-9,12-13,15,20,25,28H,10-11,14H2. The summed E-state index contributed by atoms with van der Waals surface area (Å²) in [7, 11) is 0. The van der Waals surface area contributed by atoms with Gasteiger partial charge in [0.05, 0.1) is 9.95 Å². The molecule has 2 heterocycles. The maximum Gasteiger partial charge on any atom is 0.270 e. The summed E-state index contributed by atoms with van der Waals surface area (Å²) >= 11 is 6.47. The number of non-ortho nitro benzene ring substituents is 1. The number of halogens is 2. The van der Waals surface area contributed by atoms with Gasteiger partial charge in [0.15, 0.2) is 0 Å². The number of nitro groups is 1. The molecule has 5 nitrogen and oxygen atoms in total. The number of nitrogens with one attached hydrogen (secondary N) is 1. The molecule has 2 atom stereocenters. The van der Waals surface area contributed by atoms with Crippen LogP contribution in [0.2, 0.25) is 5.02 Å². The minimum Gasteiger partial charge on any atom is -0.343 e. The van der Waals surface area contributed by atoms with E-state index in [1.54, 1.807) is 18.2 Å². The average molecular weight is 450 g/mol. The molecule has 7 heteroatoms. The first-order valence-electron chi connectivity index (χ1n) is 10.5. The molecule has 1 aromatic heterocycles. The van der Waals surface area contributed by atoms with Crippen LogP contribution in [0.1, 0.15) is 35.1 Å². The number of nitro benzene ring substituents is 1. The first-order valence-corrected chi connectivity index (χ1v) is 10.9. The van der Waals surface area contributed by atoms with Crippen LogP contribution in [0.25, 0.3) is 10.9 Å². The van der Waals surface area contributed by atoms with Gasteiger partial charge in [-0.3, -0.25) is 10.1 Å². The van der Waals surface area contributed by atoms with Crippen molar-refractivity contribution in [2.24, 2.45) is 0 Å². The number of benzene rings is 3. The van der Waals surface area contributed by atoms with Crippen molar-refractivity contribution in [2.75, 3.05) is 6.54 Å². The highest BCUT2D eigenvalue weighted by Gasteiger charge is 2.33. The van der Waals surface area contributed by atoms with Crippen LogP contribution in [0.3, 0.4) is 0 Å². The molecule has 0 radical (unpaired) electrons. The van der Waals surface area contributed by atoms with E-state index in [2.05, 4.69) is 28.2 Å². The first kappa shape index (κ1) is 20.7. The van der Waals surface area contributed by atoms with E-state index in [9.17, 15) is 14.5 Å². The van der Waals surface area contributed by atoms with Crippen molar-refractivity contribution in [3.8, 4) is 0 Å². The zero-order valence-corrected chi connectivity index (χ0v) is 17.9. The molecular weight excluding hydrogens is 429 g/mol. The highest BCUT2D eigenvalue weighted by Crippen LogP contribution is 2.43. The van der Waals surface area contributed by atoms with Gasteiger partial charge in [0.1, 0.15) is 5.82 Å². The monoisotopic (exact) mass is 449 g/mol. The largest absolute Gasteiger partial charge is 0.343 e. The van der Waals surface area contributed by atoms with E-state index >= 15 is 0 Å². The lowest BCUT2D eigenvalue weighted by molar-refractivity contribution is -0.384. The molecule has 1 saturated heterocycles. The van der Waals surface area contributed by atoms with Crippen molar-refractivity contribution in [2.45, 2.75) is 24.9 Å². The maximum absolute atomic E-state index is 13.7. The van der Waals surface area contributed by atoms with Gasteiger partial charge in [-0.2, -0.15) is 0 Å². The summed E-state index contributed by atoms with van der Waals surface area (Å²) < 4.78 is 15.9. The van der Waals surface area contributed by atoms with Gasteiger partial charge >= 0.3 is 0 Å². The molecule has 0 amide bonds. The summed E-state index contributed by atoms with van der Waals surface area (Å²) in [6.07, 6.45) is 3.07. The van der Waals surface area contributed by atoms with Crippen molar-refractivity contribution >= 4 is 28.2 Å². The summed E-state index contributed by atoms with van der Waals surface area (Å²) in [6.45, 7) is 1.40. The summed E-state index contributed by atoms with van der Waals surface area (Å²) in [5, 5.41) is 16.2.